The molecule has 6 heteroatoms. The molecule has 1 aliphatic carbocycles. The van der Waals surface area contributed by atoms with E-state index in [0.29, 0.717) is 60.7 Å². The molecule has 32 heavy (non-hydrogen) atoms. The van der Waals surface area contributed by atoms with Crippen molar-refractivity contribution in [2.45, 2.75) is 69.8 Å². The molecule has 0 amide bonds. The number of aryl methyl sites for hydroxylation is 1. The van der Waals surface area contributed by atoms with Crippen molar-refractivity contribution in [1.29, 1.82) is 0 Å². The molecule has 1 aliphatic heterocycles. The van der Waals surface area contributed by atoms with Crippen molar-refractivity contribution >= 4 is 17.6 Å². The van der Waals surface area contributed by atoms with E-state index in [1.165, 1.54) is 37.7 Å². The van der Waals surface area contributed by atoms with Gasteiger partial charge in [0.1, 0.15) is 17.2 Å². The van der Waals surface area contributed by atoms with Crippen LogP contribution >= 0.6 is 11.6 Å². The molecule has 1 unspecified atom stereocenters. The summed E-state index contributed by atoms with van der Waals surface area (Å²) >= 11 is 6.46. The summed E-state index contributed by atoms with van der Waals surface area (Å²) in [6, 6.07) is 11.8. The summed E-state index contributed by atoms with van der Waals surface area (Å²) in [6.45, 7) is 2.59. The lowest BCUT2D eigenvalue weighted by molar-refractivity contribution is -0.155. The number of ether oxygens (including phenoxy) is 3. The number of carboxylic acids is 1. The first kappa shape index (κ1) is 22.8. The minimum atomic E-state index is -1.19. The van der Waals surface area contributed by atoms with E-state index < -0.39 is 11.6 Å². The van der Waals surface area contributed by atoms with E-state index in [-0.39, 0.29) is 0 Å². The number of carboxylic acid groups (broad SMARTS) is 1. The van der Waals surface area contributed by atoms with Gasteiger partial charge >= 0.3 is 5.97 Å². The van der Waals surface area contributed by atoms with Gasteiger partial charge in [0.05, 0.1) is 18.2 Å². The molecule has 0 saturated heterocycles. The van der Waals surface area contributed by atoms with Gasteiger partial charge in [-0.05, 0) is 61.4 Å². The van der Waals surface area contributed by atoms with Crippen LogP contribution in [0, 0.1) is 0 Å². The number of rotatable bonds is 8. The lowest BCUT2D eigenvalue weighted by atomic mass is 9.84. The summed E-state index contributed by atoms with van der Waals surface area (Å²) < 4.78 is 17.4. The minimum absolute atomic E-state index is 0.455. The first-order valence-corrected chi connectivity index (χ1v) is 11.9. The van der Waals surface area contributed by atoms with Crippen LogP contribution in [-0.2, 0) is 11.2 Å². The molecule has 0 aromatic heterocycles. The Hall–Kier alpha value is -2.40. The van der Waals surface area contributed by atoms with E-state index in [2.05, 4.69) is 12.1 Å². The molecule has 1 N–H and O–H groups in total. The Kier molecular flexibility index (Phi) is 7.14. The molecule has 1 fully saturated rings. The lowest BCUT2D eigenvalue weighted by Gasteiger charge is -2.32. The molecule has 172 valence electrons. The SMILES string of the molecule is CC1(C(=O)O)CCc2ccc(OCCCOc3ccc(C4CCCCC4)cc3Cl)cc2O1. The number of halogens is 1. The zero-order chi connectivity index (χ0) is 22.6. The van der Waals surface area contributed by atoms with E-state index in [1.54, 1.807) is 13.0 Å². The van der Waals surface area contributed by atoms with Crippen LogP contribution in [0.25, 0.3) is 0 Å². The molecule has 0 spiro atoms. The van der Waals surface area contributed by atoms with Gasteiger partial charge in [0.2, 0.25) is 5.60 Å². The van der Waals surface area contributed by atoms with Crippen LogP contribution in [0.1, 0.15) is 68.9 Å². The highest BCUT2D eigenvalue weighted by atomic mass is 35.5. The van der Waals surface area contributed by atoms with Crippen molar-refractivity contribution in [3.8, 4) is 17.2 Å². The predicted octanol–water partition coefficient (Wildman–Crippen LogP) is 6.40. The van der Waals surface area contributed by atoms with E-state index in [9.17, 15) is 9.90 Å². The van der Waals surface area contributed by atoms with Gasteiger partial charge in [-0.3, -0.25) is 0 Å². The molecule has 0 radical (unpaired) electrons. The molecule has 0 bridgehead atoms. The van der Waals surface area contributed by atoms with E-state index in [0.717, 1.165) is 5.56 Å². The second-order valence-electron chi connectivity index (χ2n) is 8.98. The zero-order valence-corrected chi connectivity index (χ0v) is 19.3. The highest BCUT2D eigenvalue weighted by Crippen LogP contribution is 2.37. The van der Waals surface area contributed by atoms with Crippen molar-refractivity contribution in [1.82, 2.24) is 0 Å². The fraction of sp³-hybridized carbons (Fsp3) is 0.500. The molecule has 2 aromatic carbocycles. The number of hydrogen-bond acceptors (Lipinski definition) is 4. The van der Waals surface area contributed by atoms with Crippen LogP contribution in [0.5, 0.6) is 17.2 Å². The molecule has 1 saturated carbocycles. The molecular weight excluding hydrogens is 428 g/mol. The predicted molar refractivity (Wildman–Crippen MR) is 124 cm³/mol. The van der Waals surface area contributed by atoms with Crippen molar-refractivity contribution in [3.05, 3.63) is 52.5 Å². The summed E-state index contributed by atoms with van der Waals surface area (Å²) in [5.41, 5.74) is 1.13. The number of carbonyl (C=O) groups is 1. The van der Waals surface area contributed by atoms with Gasteiger partial charge in [0, 0.05) is 18.9 Å². The fourth-order valence-corrected chi connectivity index (χ4v) is 4.74. The molecule has 4 rings (SSSR count). The summed E-state index contributed by atoms with van der Waals surface area (Å²) in [4.78, 5) is 11.5. The number of aliphatic carboxylic acids is 1. The maximum absolute atomic E-state index is 11.5. The van der Waals surface area contributed by atoms with Crippen LogP contribution in [0.2, 0.25) is 5.02 Å². The average Bonchev–Trinajstić information content (AvgIpc) is 2.80. The highest BCUT2D eigenvalue weighted by molar-refractivity contribution is 6.32. The summed E-state index contributed by atoms with van der Waals surface area (Å²) in [5.74, 6) is 1.63. The van der Waals surface area contributed by atoms with Crippen LogP contribution in [0.3, 0.4) is 0 Å². The number of fused-ring (bicyclic) bond motifs is 1. The molecule has 1 atom stereocenters. The Morgan fingerprint density at radius 2 is 1.91 bits per heavy atom. The second kappa shape index (κ2) is 10.0. The third-order valence-corrected chi connectivity index (χ3v) is 6.84. The Morgan fingerprint density at radius 3 is 2.66 bits per heavy atom. The van der Waals surface area contributed by atoms with Gasteiger partial charge in [-0.2, -0.15) is 0 Å². The van der Waals surface area contributed by atoms with Gasteiger partial charge in [-0.25, -0.2) is 4.79 Å². The smallest absolute Gasteiger partial charge is 0.347 e. The second-order valence-corrected chi connectivity index (χ2v) is 9.39. The Morgan fingerprint density at radius 1 is 1.12 bits per heavy atom. The monoisotopic (exact) mass is 458 g/mol. The Balaban J connectivity index is 1.24. The summed E-state index contributed by atoms with van der Waals surface area (Å²) in [6.07, 6.45) is 8.27. The molecule has 2 aromatic rings. The maximum atomic E-state index is 11.5. The molecule has 2 aliphatic rings. The molecular formula is C26H31ClO5. The van der Waals surface area contributed by atoms with Gasteiger partial charge in [0.25, 0.3) is 0 Å². The third-order valence-electron chi connectivity index (χ3n) is 6.55. The quantitative estimate of drug-likeness (QED) is 0.463. The van der Waals surface area contributed by atoms with Crippen molar-refractivity contribution < 1.29 is 24.1 Å². The van der Waals surface area contributed by atoms with Gasteiger partial charge in [-0.15, -0.1) is 0 Å². The minimum Gasteiger partial charge on any atom is -0.493 e. The average molecular weight is 459 g/mol. The Bertz CT molecular complexity index is 953. The first-order chi connectivity index (χ1) is 15.4. The zero-order valence-electron chi connectivity index (χ0n) is 18.6. The van der Waals surface area contributed by atoms with Gasteiger partial charge < -0.3 is 19.3 Å². The standard InChI is InChI=1S/C26H31ClO5/c1-26(25(28)29)13-12-19-8-10-21(17-24(19)32-26)30-14-5-15-31-23-11-9-20(16-22(23)27)18-6-3-2-4-7-18/h8-11,16-18H,2-7,12-15H2,1H3,(H,28,29). The van der Waals surface area contributed by atoms with Gasteiger partial charge in [-0.1, -0.05) is 43.0 Å². The van der Waals surface area contributed by atoms with Crippen LogP contribution < -0.4 is 14.2 Å². The summed E-state index contributed by atoms with van der Waals surface area (Å²) in [7, 11) is 0. The lowest BCUT2D eigenvalue weighted by Crippen LogP contribution is -2.44. The van der Waals surface area contributed by atoms with Crippen molar-refractivity contribution in [3.63, 3.8) is 0 Å². The topological polar surface area (TPSA) is 65.0 Å². The van der Waals surface area contributed by atoms with E-state index in [1.807, 2.05) is 18.2 Å². The fourth-order valence-electron chi connectivity index (χ4n) is 4.50. The Labute approximate surface area is 194 Å². The number of benzene rings is 2. The number of hydrogen-bond donors (Lipinski definition) is 1. The van der Waals surface area contributed by atoms with Crippen LogP contribution in [0.15, 0.2) is 36.4 Å². The van der Waals surface area contributed by atoms with Crippen LogP contribution in [0.4, 0.5) is 0 Å². The van der Waals surface area contributed by atoms with E-state index >= 15 is 0 Å². The molecule has 5 nitrogen and oxygen atoms in total. The maximum Gasteiger partial charge on any atom is 0.347 e. The summed E-state index contributed by atoms with van der Waals surface area (Å²) in [5, 5.41) is 10.1. The van der Waals surface area contributed by atoms with E-state index in [4.69, 9.17) is 25.8 Å². The van der Waals surface area contributed by atoms with Gasteiger partial charge in [0.15, 0.2) is 0 Å². The van der Waals surface area contributed by atoms with Crippen molar-refractivity contribution in [2.24, 2.45) is 0 Å². The largest absolute Gasteiger partial charge is 0.493 e. The highest BCUT2D eigenvalue weighted by Gasteiger charge is 2.39. The van der Waals surface area contributed by atoms with Crippen LogP contribution in [-0.4, -0.2) is 29.9 Å². The third kappa shape index (κ3) is 5.32. The first-order valence-electron chi connectivity index (χ1n) is 11.5. The molecule has 1 heterocycles. The van der Waals surface area contributed by atoms with Crippen molar-refractivity contribution in [2.75, 3.05) is 13.2 Å². The normalized spacial score (nSPS) is 20.8.